The van der Waals surface area contributed by atoms with Crippen molar-refractivity contribution in [3.8, 4) is 23.0 Å². The molecule has 0 unspecified atom stereocenters. The fraction of sp³-hybridized carbons (Fsp3) is 0.368. The quantitative estimate of drug-likeness (QED) is 0.724. The number of nitrogens with one attached hydrogen (secondary N) is 1. The Morgan fingerprint density at radius 1 is 1.18 bits per heavy atom. The van der Waals surface area contributed by atoms with E-state index in [0.717, 1.165) is 24.1 Å². The minimum Gasteiger partial charge on any atom is -0.480 e. The average molecular weight is 382 g/mol. The number of hydrogen-bond acceptors (Lipinski definition) is 6. The topological polar surface area (TPSA) is 98.2 Å². The third kappa shape index (κ3) is 3.48. The molecule has 0 bridgehead atoms. The normalized spacial score (nSPS) is 15.0. The fourth-order valence-electron chi connectivity index (χ4n) is 3.34. The predicted octanol–water partition coefficient (Wildman–Crippen LogP) is 1.92. The molecule has 4 rings (SSSR count). The Bertz CT molecular complexity index is 927. The molecule has 1 amide bonds. The first kappa shape index (κ1) is 18.2. The summed E-state index contributed by atoms with van der Waals surface area (Å²) in [5.41, 5.74) is 2.04. The van der Waals surface area contributed by atoms with Gasteiger partial charge in [0.05, 0.1) is 18.9 Å². The van der Waals surface area contributed by atoms with Crippen LogP contribution in [0.4, 0.5) is 0 Å². The van der Waals surface area contributed by atoms with Crippen LogP contribution in [-0.4, -0.2) is 69.2 Å². The van der Waals surface area contributed by atoms with Crippen LogP contribution in [0.2, 0.25) is 0 Å². The van der Waals surface area contributed by atoms with Crippen molar-refractivity contribution in [3.63, 3.8) is 0 Å². The molecule has 1 aliphatic heterocycles. The van der Waals surface area contributed by atoms with Crippen molar-refractivity contribution in [1.29, 1.82) is 0 Å². The molecule has 0 saturated carbocycles. The van der Waals surface area contributed by atoms with Gasteiger partial charge in [0.2, 0.25) is 5.88 Å². The van der Waals surface area contributed by atoms with E-state index in [0.29, 0.717) is 30.5 Å². The average Bonchev–Trinajstić information content (AvgIpc) is 3.43. The zero-order chi connectivity index (χ0) is 19.5. The maximum atomic E-state index is 13.0. The molecule has 3 aromatic heterocycles. The van der Waals surface area contributed by atoms with Gasteiger partial charge in [-0.25, -0.2) is 4.68 Å². The smallest absolute Gasteiger partial charge is 0.274 e. The lowest BCUT2D eigenvalue weighted by atomic mass is 10.1. The van der Waals surface area contributed by atoms with E-state index in [9.17, 15) is 4.79 Å². The summed E-state index contributed by atoms with van der Waals surface area (Å²) in [7, 11) is 3.25. The van der Waals surface area contributed by atoms with Gasteiger partial charge in [-0.3, -0.25) is 4.79 Å². The van der Waals surface area contributed by atoms with Crippen LogP contribution in [0.1, 0.15) is 23.3 Å². The number of amides is 1. The fourth-order valence-corrected chi connectivity index (χ4v) is 3.34. The Kier molecular flexibility index (Phi) is 5.07. The lowest BCUT2D eigenvalue weighted by molar-refractivity contribution is 0.0347. The van der Waals surface area contributed by atoms with Gasteiger partial charge in [0.15, 0.2) is 11.5 Å². The van der Waals surface area contributed by atoms with Crippen LogP contribution in [-0.2, 0) is 4.74 Å². The number of ether oxygens (including phenoxy) is 2. The van der Waals surface area contributed by atoms with Crippen molar-refractivity contribution < 1.29 is 14.3 Å². The number of carbonyl (C=O) groups is 1. The molecule has 0 spiro atoms. The Hall–Kier alpha value is -3.20. The first-order valence-electron chi connectivity index (χ1n) is 9.13. The Morgan fingerprint density at radius 3 is 2.61 bits per heavy atom. The first-order chi connectivity index (χ1) is 13.7. The van der Waals surface area contributed by atoms with Gasteiger partial charge >= 0.3 is 0 Å². The second-order valence-corrected chi connectivity index (χ2v) is 6.59. The molecule has 1 saturated heterocycles. The summed E-state index contributed by atoms with van der Waals surface area (Å²) >= 11 is 0. The number of piperidine rings is 1. The molecule has 4 heterocycles. The van der Waals surface area contributed by atoms with Gasteiger partial charge < -0.3 is 19.4 Å². The molecule has 0 atom stereocenters. The third-order valence-electron chi connectivity index (χ3n) is 4.94. The number of methoxy groups -OCH3 is 2. The Morgan fingerprint density at radius 2 is 2.00 bits per heavy atom. The molecule has 146 valence electrons. The van der Waals surface area contributed by atoms with Crippen LogP contribution in [0.3, 0.4) is 0 Å². The van der Waals surface area contributed by atoms with Crippen LogP contribution in [0.15, 0.2) is 36.7 Å². The second kappa shape index (κ2) is 7.81. The molecule has 0 aromatic carbocycles. The van der Waals surface area contributed by atoms with Crippen LogP contribution in [0.25, 0.3) is 17.1 Å². The SMILES string of the molecule is COc1ccc(-n2nc(C(=O)N3CCC(OC)CC3)cc2-c2cc[nH]c2)nn1. The molecule has 28 heavy (non-hydrogen) atoms. The van der Waals surface area contributed by atoms with Crippen molar-refractivity contribution in [2.45, 2.75) is 18.9 Å². The van der Waals surface area contributed by atoms with Crippen molar-refractivity contribution in [2.75, 3.05) is 27.3 Å². The highest BCUT2D eigenvalue weighted by atomic mass is 16.5. The van der Waals surface area contributed by atoms with Crippen LogP contribution >= 0.6 is 0 Å². The molecule has 1 aliphatic rings. The summed E-state index contributed by atoms with van der Waals surface area (Å²) < 4.78 is 12.1. The number of likely N-dealkylation sites (tertiary alicyclic amines) is 1. The van der Waals surface area contributed by atoms with Crippen molar-refractivity contribution in [1.82, 2.24) is 29.9 Å². The lowest BCUT2D eigenvalue weighted by Gasteiger charge is -2.30. The maximum absolute atomic E-state index is 13.0. The van der Waals surface area contributed by atoms with Gasteiger partial charge in [0, 0.05) is 44.2 Å². The standard InChI is InChI=1S/C19H22N6O3/c1-27-14-6-9-24(10-7-14)19(26)15-11-16(13-5-8-20-12-13)25(23-15)17-3-4-18(28-2)22-21-17/h3-5,8,11-12,14,20H,6-7,9-10H2,1-2H3. The zero-order valence-electron chi connectivity index (χ0n) is 15.8. The van der Waals surface area contributed by atoms with E-state index < -0.39 is 0 Å². The number of carbonyl (C=O) groups excluding carboxylic acids is 1. The molecular formula is C19H22N6O3. The molecule has 3 aromatic rings. The van der Waals surface area contributed by atoms with Gasteiger partial charge in [-0.05, 0) is 31.0 Å². The Balaban J connectivity index is 1.66. The van der Waals surface area contributed by atoms with Crippen molar-refractivity contribution >= 4 is 5.91 Å². The summed E-state index contributed by atoms with van der Waals surface area (Å²) in [5.74, 6) is 0.831. The number of hydrogen-bond donors (Lipinski definition) is 1. The lowest BCUT2D eigenvalue weighted by Crippen LogP contribution is -2.40. The molecule has 9 nitrogen and oxygen atoms in total. The van der Waals surface area contributed by atoms with Crippen LogP contribution < -0.4 is 4.74 Å². The largest absolute Gasteiger partial charge is 0.480 e. The number of aromatic nitrogens is 5. The minimum atomic E-state index is -0.0911. The predicted molar refractivity (Wildman–Crippen MR) is 101 cm³/mol. The minimum absolute atomic E-state index is 0.0911. The van der Waals surface area contributed by atoms with Gasteiger partial charge in [-0.15, -0.1) is 10.2 Å². The molecule has 1 N–H and O–H groups in total. The van der Waals surface area contributed by atoms with Gasteiger partial charge in [0.1, 0.15) is 0 Å². The van der Waals surface area contributed by atoms with E-state index >= 15 is 0 Å². The number of nitrogens with zero attached hydrogens (tertiary/aromatic N) is 5. The zero-order valence-corrected chi connectivity index (χ0v) is 15.8. The molecular weight excluding hydrogens is 360 g/mol. The van der Waals surface area contributed by atoms with Gasteiger partial charge in [-0.2, -0.15) is 5.10 Å². The molecule has 1 fully saturated rings. The maximum Gasteiger partial charge on any atom is 0.274 e. The highest BCUT2D eigenvalue weighted by Crippen LogP contribution is 2.24. The summed E-state index contributed by atoms with van der Waals surface area (Å²) in [6, 6.07) is 7.18. The molecule has 9 heteroatoms. The van der Waals surface area contributed by atoms with Gasteiger partial charge in [0.25, 0.3) is 5.91 Å². The van der Waals surface area contributed by atoms with E-state index in [2.05, 4.69) is 20.3 Å². The number of aromatic amines is 1. The van der Waals surface area contributed by atoms with Gasteiger partial charge in [-0.1, -0.05) is 0 Å². The number of rotatable bonds is 5. The summed E-state index contributed by atoms with van der Waals surface area (Å²) in [4.78, 5) is 17.9. The second-order valence-electron chi connectivity index (χ2n) is 6.59. The van der Waals surface area contributed by atoms with E-state index in [1.807, 2.05) is 23.4 Å². The molecule has 0 radical (unpaired) electrons. The highest BCUT2D eigenvalue weighted by molar-refractivity contribution is 5.93. The van der Waals surface area contributed by atoms with Crippen LogP contribution in [0.5, 0.6) is 5.88 Å². The van der Waals surface area contributed by atoms with Crippen molar-refractivity contribution in [2.24, 2.45) is 0 Å². The summed E-state index contributed by atoms with van der Waals surface area (Å²) in [6.07, 6.45) is 5.55. The van der Waals surface area contributed by atoms with E-state index in [1.165, 1.54) is 7.11 Å². The monoisotopic (exact) mass is 382 g/mol. The summed E-state index contributed by atoms with van der Waals surface area (Å²) in [5, 5.41) is 12.7. The number of H-pyrrole nitrogens is 1. The highest BCUT2D eigenvalue weighted by Gasteiger charge is 2.26. The molecule has 0 aliphatic carbocycles. The first-order valence-corrected chi connectivity index (χ1v) is 9.13. The third-order valence-corrected chi connectivity index (χ3v) is 4.94. The Labute approximate surface area is 162 Å². The van der Waals surface area contributed by atoms with E-state index in [-0.39, 0.29) is 12.0 Å². The van der Waals surface area contributed by atoms with Crippen molar-refractivity contribution in [3.05, 3.63) is 42.4 Å². The summed E-state index contributed by atoms with van der Waals surface area (Å²) in [6.45, 7) is 1.32. The van der Waals surface area contributed by atoms with E-state index in [1.54, 1.807) is 30.0 Å². The van der Waals surface area contributed by atoms with E-state index in [4.69, 9.17) is 9.47 Å². The van der Waals surface area contributed by atoms with Crippen LogP contribution in [0, 0.1) is 0 Å².